The topological polar surface area (TPSA) is 66.4 Å². The number of nitrogens with zero attached hydrogens (tertiary/aromatic N) is 4. The molecule has 6 nitrogen and oxygen atoms in total. The van der Waals surface area contributed by atoms with Crippen molar-refractivity contribution in [2.24, 2.45) is 0 Å². The summed E-state index contributed by atoms with van der Waals surface area (Å²) in [5.41, 5.74) is 1.60. The van der Waals surface area contributed by atoms with Gasteiger partial charge >= 0.3 is 0 Å². The molecule has 2 aromatic rings. The first-order valence-electron chi connectivity index (χ1n) is 9.03. The van der Waals surface area contributed by atoms with Gasteiger partial charge in [-0.2, -0.15) is 0 Å². The van der Waals surface area contributed by atoms with Crippen molar-refractivity contribution in [1.29, 1.82) is 0 Å². The highest BCUT2D eigenvalue weighted by atomic mass is 35.5. The van der Waals surface area contributed by atoms with E-state index in [0.717, 1.165) is 36.8 Å². The number of para-hydroxylation sites is 1. The van der Waals surface area contributed by atoms with Gasteiger partial charge in [0.15, 0.2) is 0 Å². The van der Waals surface area contributed by atoms with Gasteiger partial charge in [0.2, 0.25) is 15.0 Å². The summed E-state index contributed by atoms with van der Waals surface area (Å²) in [5, 5.41) is 0.993. The quantitative estimate of drug-likeness (QED) is 0.531. The Bertz CT molecular complexity index is 1020. The molecule has 1 aliphatic heterocycles. The lowest BCUT2D eigenvalue weighted by Crippen LogP contribution is -2.48. The normalized spacial score (nSPS) is 19.6. The average Bonchev–Trinajstić information content (AvgIpc) is 2.67. The van der Waals surface area contributed by atoms with Crippen LogP contribution < -0.4 is 9.80 Å². The van der Waals surface area contributed by atoms with Crippen molar-refractivity contribution in [3.8, 4) is 0 Å². The Morgan fingerprint density at radius 1 is 1.21 bits per heavy atom. The zero-order valence-electron chi connectivity index (χ0n) is 15.3. The molecule has 9 heteroatoms. The van der Waals surface area contributed by atoms with Crippen LogP contribution in [0.2, 0.25) is 10.0 Å². The molecule has 0 saturated carbocycles. The number of hydrogen-bond acceptors (Lipinski definition) is 6. The van der Waals surface area contributed by atoms with Crippen LogP contribution in [0.3, 0.4) is 0 Å². The molecule has 0 fully saturated rings. The molecular formula is C19H20Cl2N4O2S. The lowest BCUT2D eigenvalue weighted by atomic mass is 10.0. The van der Waals surface area contributed by atoms with Crippen LogP contribution in [0.1, 0.15) is 24.8 Å². The minimum Gasteiger partial charge on any atom is -0.347 e. The zero-order chi connectivity index (χ0) is 19.9. The first-order chi connectivity index (χ1) is 13.3. The number of benzene rings is 1. The maximum Gasteiger partial charge on any atom is 0.248 e. The highest BCUT2D eigenvalue weighted by molar-refractivity contribution is 7.90. The number of sulfone groups is 1. The summed E-state index contributed by atoms with van der Waals surface area (Å²) in [6.07, 6.45) is 10.1. The second-order valence-electron chi connectivity index (χ2n) is 7.08. The molecule has 2 aliphatic rings. The van der Waals surface area contributed by atoms with Crippen LogP contribution >= 0.6 is 23.2 Å². The molecule has 0 spiro atoms. The Morgan fingerprint density at radius 3 is 2.61 bits per heavy atom. The lowest BCUT2D eigenvalue weighted by Gasteiger charge is -2.43. The average molecular weight is 439 g/mol. The molecule has 1 aliphatic carbocycles. The molecule has 2 heterocycles. The molecule has 0 radical (unpaired) electrons. The molecule has 1 aromatic heterocycles. The van der Waals surface area contributed by atoms with E-state index in [4.69, 9.17) is 23.2 Å². The Hall–Kier alpha value is -1.83. The molecule has 28 heavy (non-hydrogen) atoms. The Labute approximate surface area is 174 Å². The highest BCUT2D eigenvalue weighted by Gasteiger charge is 2.32. The third-order valence-corrected chi connectivity index (χ3v) is 6.46. The van der Waals surface area contributed by atoms with Gasteiger partial charge < -0.3 is 9.80 Å². The summed E-state index contributed by atoms with van der Waals surface area (Å²) in [5.74, 6) is 0.659. The van der Waals surface area contributed by atoms with Crippen LogP contribution in [-0.4, -0.2) is 37.4 Å². The summed E-state index contributed by atoms with van der Waals surface area (Å²) < 4.78 is 23.9. The van der Waals surface area contributed by atoms with E-state index in [9.17, 15) is 8.42 Å². The minimum absolute atomic E-state index is 0.124. The standard InChI is InChI=1S/C19H20Cl2N4O2S/c1-28(26,27)19-22-10-13-11-24(17-15(20)8-5-9-16(17)21)12-25(18(13)23-19)14-6-3-2-4-7-14/h3,5-6,8-10,14H,2,4,7,11-12H2,1H3. The van der Waals surface area contributed by atoms with E-state index < -0.39 is 9.84 Å². The van der Waals surface area contributed by atoms with Crippen molar-refractivity contribution < 1.29 is 8.42 Å². The fourth-order valence-corrected chi connectivity index (χ4v) is 4.82. The van der Waals surface area contributed by atoms with Gasteiger partial charge in [-0.05, 0) is 31.4 Å². The van der Waals surface area contributed by atoms with Gasteiger partial charge in [0.1, 0.15) is 5.82 Å². The molecule has 0 saturated heterocycles. The van der Waals surface area contributed by atoms with E-state index in [1.165, 1.54) is 0 Å². The molecule has 148 valence electrons. The molecule has 1 aromatic carbocycles. The molecule has 0 amide bonds. The van der Waals surface area contributed by atoms with Crippen LogP contribution in [0.4, 0.5) is 11.5 Å². The predicted molar refractivity (Wildman–Crippen MR) is 112 cm³/mol. The van der Waals surface area contributed by atoms with Crippen LogP contribution in [-0.2, 0) is 16.4 Å². The van der Waals surface area contributed by atoms with Gasteiger partial charge in [-0.15, -0.1) is 0 Å². The van der Waals surface area contributed by atoms with E-state index in [1.807, 2.05) is 18.2 Å². The van der Waals surface area contributed by atoms with Gasteiger partial charge in [0.05, 0.1) is 28.4 Å². The molecule has 0 bridgehead atoms. The molecule has 0 N–H and O–H groups in total. The van der Waals surface area contributed by atoms with E-state index in [2.05, 4.69) is 31.9 Å². The third kappa shape index (κ3) is 3.71. The molecular weight excluding hydrogens is 419 g/mol. The van der Waals surface area contributed by atoms with Crippen LogP contribution in [0.15, 0.2) is 41.7 Å². The van der Waals surface area contributed by atoms with E-state index in [0.29, 0.717) is 29.1 Å². The maximum atomic E-state index is 12.0. The van der Waals surface area contributed by atoms with Crippen LogP contribution in [0, 0.1) is 0 Å². The van der Waals surface area contributed by atoms with Crippen molar-refractivity contribution in [3.63, 3.8) is 0 Å². The number of halogens is 2. The van der Waals surface area contributed by atoms with Gasteiger partial charge in [0.25, 0.3) is 0 Å². The first-order valence-corrected chi connectivity index (χ1v) is 11.7. The van der Waals surface area contributed by atoms with Crippen molar-refractivity contribution in [2.75, 3.05) is 22.7 Å². The smallest absolute Gasteiger partial charge is 0.248 e. The summed E-state index contributed by atoms with van der Waals surface area (Å²) in [6, 6.07) is 5.56. The largest absolute Gasteiger partial charge is 0.347 e. The van der Waals surface area contributed by atoms with Gasteiger partial charge in [0, 0.05) is 24.6 Å². The number of allylic oxidation sites excluding steroid dienone is 1. The fraction of sp³-hybridized carbons (Fsp3) is 0.368. The van der Waals surface area contributed by atoms with E-state index in [-0.39, 0.29) is 11.2 Å². The maximum absolute atomic E-state index is 12.0. The number of hydrogen-bond donors (Lipinski definition) is 0. The molecule has 1 atom stereocenters. The number of aromatic nitrogens is 2. The first kappa shape index (κ1) is 19.5. The monoisotopic (exact) mass is 438 g/mol. The fourth-order valence-electron chi connectivity index (χ4n) is 3.68. The second kappa shape index (κ2) is 7.54. The van der Waals surface area contributed by atoms with Gasteiger partial charge in [-0.25, -0.2) is 18.4 Å². The number of rotatable bonds is 3. The van der Waals surface area contributed by atoms with E-state index in [1.54, 1.807) is 6.20 Å². The van der Waals surface area contributed by atoms with Gasteiger partial charge in [-0.1, -0.05) is 41.4 Å². The van der Waals surface area contributed by atoms with E-state index >= 15 is 0 Å². The Morgan fingerprint density at radius 2 is 1.96 bits per heavy atom. The van der Waals surface area contributed by atoms with Crippen LogP contribution in [0.5, 0.6) is 0 Å². The summed E-state index contributed by atoms with van der Waals surface area (Å²) in [6.45, 7) is 1.00. The summed E-state index contributed by atoms with van der Waals surface area (Å²) in [4.78, 5) is 12.7. The molecule has 1 unspecified atom stereocenters. The van der Waals surface area contributed by atoms with Crippen molar-refractivity contribution in [1.82, 2.24) is 9.97 Å². The summed E-state index contributed by atoms with van der Waals surface area (Å²) in [7, 11) is -3.49. The highest BCUT2D eigenvalue weighted by Crippen LogP contribution is 2.39. The number of anilines is 2. The van der Waals surface area contributed by atoms with Crippen molar-refractivity contribution in [3.05, 3.63) is 52.2 Å². The minimum atomic E-state index is -3.49. The third-order valence-electron chi connectivity index (χ3n) is 4.99. The van der Waals surface area contributed by atoms with Gasteiger partial charge in [-0.3, -0.25) is 0 Å². The Kier molecular flexibility index (Phi) is 5.24. The Balaban J connectivity index is 1.81. The number of fused-ring (bicyclic) bond motifs is 1. The second-order valence-corrected chi connectivity index (χ2v) is 9.80. The SMILES string of the molecule is CS(=O)(=O)c1ncc2c(n1)N(C1C=CCCC1)CN(c1c(Cl)cccc1Cl)C2. The summed E-state index contributed by atoms with van der Waals surface area (Å²) >= 11 is 12.9. The van der Waals surface area contributed by atoms with Crippen LogP contribution in [0.25, 0.3) is 0 Å². The molecule has 4 rings (SSSR count). The van der Waals surface area contributed by atoms with Crippen molar-refractivity contribution in [2.45, 2.75) is 37.0 Å². The lowest BCUT2D eigenvalue weighted by molar-refractivity contribution is 0.547. The predicted octanol–water partition coefficient (Wildman–Crippen LogP) is 4.08. The zero-order valence-corrected chi connectivity index (χ0v) is 17.7. The van der Waals surface area contributed by atoms with Crippen molar-refractivity contribution >= 4 is 44.5 Å².